The van der Waals surface area contributed by atoms with E-state index in [0.717, 1.165) is 5.56 Å². The number of nitrogens with zero attached hydrogens (tertiary/aromatic N) is 2. The predicted molar refractivity (Wildman–Crippen MR) is 64.5 cm³/mol. The molecule has 1 aliphatic rings. The Morgan fingerprint density at radius 2 is 2.24 bits per heavy atom. The van der Waals surface area contributed by atoms with E-state index in [2.05, 4.69) is 0 Å². The van der Waals surface area contributed by atoms with Gasteiger partial charge in [0.05, 0.1) is 5.69 Å². The number of nitrogens with two attached hydrogens (primary N) is 1. The molecule has 0 saturated heterocycles. The van der Waals surface area contributed by atoms with Crippen molar-refractivity contribution in [2.45, 2.75) is 13.5 Å². The molecule has 0 aliphatic carbocycles. The molecule has 0 fully saturated rings. The van der Waals surface area contributed by atoms with Crippen molar-refractivity contribution in [3.63, 3.8) is 0 Å². The number of carbonyl (C=O) groups is 1. The summed E-state index contributed by atoms with van der Waals surface area (Å²) in [5, 5.41) is 0. The Bertz CT molecular complexity index is 563. The molecule has 17 heavy (non-hydrogen) atoms. The Labute approximate surface area is 98.8 Å². The number of amides is 1. The standard InChI is InChI=1S/C12H13N3O2/c1-3-15-9(12(13)17)6-8-4-5-14(2)10(7-16)11(8)15/h4-6H,3H2,1-2H3,(H2,13,17). The van der Waals surface area contributed by atoms with E-state index in [9.17, 15) is 9.59 Å². The molecular weight excluding hydrogens is 218 g/mol. The summed E-state index contributed by atoms with van der Waals surface area (Å²) < 4.78 is 1.73. The molecule has 88 valence electrons. The Morgan fingerprint density at radius 1 is 1.53 bits per heavy atom. The maximum Gasteiger partial charge on any atom is 0.265 e. The van der Waals surface area contributed by atoms with Gasteiger partial charge in [0.15, 0.2) is 11.6 Å². The Balaban J connectivity index is 2.75. The van der Waals surface area contributed by atoms with E-state index in [1.54, 1.807) is 28.8 Å². The van der Waals surface area contributed by atoms with Crippen LogP contribution in [0.4, 0.5) is 0 Å². The fraction of sp³-hybridized carbons (Fsp3) is 0.250. The van der Waals surface area contributed by atoms with Crippen LogP contribution in [0.1, 0.15) is 28.7 Å². The van der Waals surface area contributed by atoms with Gasteiger partial charge in [-0.25, -0.2) is 4.79 Å². The maximum atomic E-state index is 11.3. The van der Waals surface area contributed by atoms with Gasteiger partial charge in [0.25, 0.3) is 5.91 Å². The van der Waals surface area contributed by atoms with Crippen LogP contribution in [-0.4, -0.2) is 28.4 Å². The molecule has 0 bridgehead atoms. The molecule has 5 nitrogen and oxygen atoms in total. The predicted octanol–water partition coefficient (Wildman–Crippen LogP) is 0.695. The minimum absolute atomic E-state index is 0.408. The van der Waals surface area contributed by atoms with Crippen LogP contribution in [-0.2, 0) is 11.3 Å². The fourth-order valence-electron chi connectivity index (χ4n) is 2.05. The van der Waals surface area contributed by atoms with Crippen LogP contribution in [0.25, 0.3) is 11.8 Å². The van der Waals surface area contributed by atoms with Crippen LogP contribution in [0.5, 0.6) is 0 Å². The van der Waals surface area contributed by atoms with Gasteiger partial charge in [-0.3, -0.25) is 4.79 Å². The van der Waals surface area contributed by atoms with Gasteiger partial charge in [0, 0.05) is 25.4 Å². The fourth-order valence-corrected chi connectivity index (χ4v) is 2.05. The van der Waals surface area contributed by atoms with E-state index in [-0.39, 0.29) is 0 Å². The molecule has 2 heterocycles. The number of hydrogen-bond acceptors (Lipinski definition) is 3. The van der Waals surface area contributed by atoms with Crippen molar-refractivity contribution in [2.75, 3.05) is 7.05 Å². The molecule has 1 amide bonds. The van der Waals surface area contributed by atoms with Gasteiger partial charge in [-0.2, -0.15) is 0 Å². The number of primary amides is 1. The van der Waals surface area contributed by atoms with Gasteiger partial charge in [-0.05, 0) is 19.1 Å². The highest BCUT2D eigenvalue weighted by Crippen LogP contribution is 2.29. The Hall–Kier alpha value is -2.26. The lowest BCUT2D eigenvalue weighted by Crippen LogP contribution is -2.20. The van der Waals surface area contributed by atoms with Crippen molar-refractivity contribution in [3.05, 3.63) is 29.2 Å². The lowest BCUT2D eigenvalue weighted by molar-refractivity contribution is 0.0991. The summed E-state index contributed by atoms with van der Waals surface area (Å²) in [7, 11) is 1.76. The van der Waals surface area contributed by atoms with Crippen molar-refractivity contribution in [2.24, 2.45) is 5.73 Å². The number of rotatable bonds is 2. The van der Waals surface area contributed by atoms with E-state index in [1.165, 1.54) is 0 Å². The molecule has 2 rings (SSSR count). The van der Waals surface area contributed by atoms with Crippen molar-refractivity contribution in [1.82, 2.24) is 9.47 Å². The first-order valence-corrected chi connectivity index (χ1v) is 5.30. The third-order valence-corrected chi connectivity index (χ3v) is 2.85. The van der Waals surface area contributed by atoms with Gasteiger partial charge in [-0.15, -0.1) is 0 Å². The zero-order chi connectivity index (χ0) is 12.6. The zero-order valence-electron chi connectivity index (χ0n) is 9.73. The van der Waals surface area contributed by atoms with E-state index >= 15 is 0 Å². The summed E-state index contributed by atoms with van der Waals surface area (Å²) in [6.07, 6.45) is 3.60. The van der Waals surface area contributed by atoms with E-state index < -0.39 is 5.91 Å². The summed E-state index contributed by atoms with van der Waals surface area (Å²) >= 11 is 0. The first-order chi connectivity index (χ1) is 8.10. The Kier molecular flexibility index (Phi) is 2.61. The number of carbonyl (C=O) groups excluding carboxylic acids is 2. The monoisotopic (exact) mass is 231 g/mol. The van der Waals surface area contributed by atoms with Gasteiger partial charge in [-0.1, -0.05) is 0 Å². The summed E-state index contributed by atoms with van der Waals surface area (Å²) in [4.78, 5) is 24.0. The van der Waals surface area contributed by atoms with Gasteiger partial charge < -0.3 is 15.2 Å². The van der Waals surface area contributed by atoms with Crippen molar-refractivity contribution >= 4 is 23.6 Å². The third kappa shape index (κ3) is 1.57. The molecule has 0 aromatic carbocycles. The van der Waals surface area contributed by atoms with Crippen LogP contribution in [0.2, 0.25) is 0 Å². The first-order valence-electron chi connectivity index (χ1n) is 5.30. The van der Waals surface area contributed by atoms with Crippen molar-refractivity contribution in [3.8, 4) is 0 Å². The highest BCUT2D eigenvalue weighted by Gasteiger charge is 2.24. The second-order valence-corrected chi connectivity index (χ2v) is 3.82. The highest BCUT2D eigenvalue weighted by molar-refractivity contribution is 5.97. The van der Waals surface area contributed by atoms with Crippen LogP contribution >= 0.6 is 0 Å². The second-order valence-electron chi connectivity index (χ2n) is 3.82. The molecule has 2 N–H and O–H groups in total. The molecule has 0 saturated carbocycles. The van der Waals surface area contributed by atoms with Crippen LogP contribution < -0.4 is 5.73 Å². The summed E-state index contributed by atoms with van der Waals surface area (Å²) in [5.41, 5.74) is 7.65. The van der Waals surface area contributed by atoms with Gasteiger partial charge >= 0.3 is 0 Å². The van der Waals surface area contributed by atoms with Crippen LogP contribution in [0.15, 0.2) is 12.3 Å². The molecule has 1 aromatic heterocycles. The van der Waals surface area contributed by atoms with Gasteiger partial charge in [0.1, 0.15) is 5.69 Å². The summed E-state index contributed by atoms with van der Waals surface area (Å²) in [5.74, 6) is 1.41. The molecule has 0 spiro atoms. The van der Waals surface area contributed by atoms with E-state index in [1.807, 2.05) is 18.9 Å². The molecular formula is C12H13N3O2. The second kappa shape index (κ2) is 3.96. The average Bonchev–Trinajstić information content (AvgIpc) is 2.67. The summed E-state index contributed by atoms with van der Waals surface area (Å²) in [6.45, 7) is 2.47. The molecule has 0 atom stereocenters. The molecule has 0 radical (unpaired) electrons. The lowest BCUT2D eigenvalue weighted by Gasteiger charge is -2.21. The normalized spacial score (nSPS) is 13.5. The zero-order valence-corrected chi connectivity index (χ0v) is 9.73. The van der Waals surface area contributed by atoms with Crippen LogP contribution in [0.3, 0.4) is 0 Å². The van der Waals surface area contributed by atoms with E-state index in [0.29, 0.717) is 23.6 Å². The minimum Gasteiger partial charge on any atom is -0.364 e. The molecule has 0 unspecified atom stereocenters. The van der Waals surface area contributed by atoms with Crippen LogP contribution in [0, 0.1) is 0 Å². The molecule has 5 heteroatoms. The molecule has 1 aromatic rings. The van der Waals surface area contributed by atoms with Gasteiger partial charge in [0.2, 0.25) is 0 Å². The largest absolute Gasteiger partial charge is 0.364 e. The number of fused-ring (bicyclic) bond motifs is 1. The van der Waals surface area contributed by atoms with E-state index in [4.69, 9.17) is 5.73 Å². The number of aromatic nitrogens is 1. The lowest BCUT2D eigenvalue weighted by atomic mass is 10.1. The third-order valence-electron chi connectivity index (χ3n) is 2.85. The summed E-state index contributed by atoms with van der Waals surface area (Å²) in [6, 6.07) is 1.70. The highest BCUT2D eigenvalue weighted by atomic mass is 16.1. The van der Waals surface area contributed by atoms with Crippen molar-refractivity contribution < 1.29 is 9.59 Å². The molecule has 1 aliphatic heterocycles. The Morgan fingerprint density at radius 3 is 2.76 bits per heavy atom. The maximum absolute atomic E-state index is 11.3. The van der Waals surface area contributed by atoms with Crippen molar-refractivity contribution in [1.29, 1.82) is 0 Å². The smallest absolute Gasteiger partial charge is 0.265 e. The SMILES string of the molecule is CCn1c(C(N)=O)cc2c1C(=C=O)N(C)C=C2. The quantitative estimate of drug-likeness (QED) is 0.761. The number of hydrogen-bond donors (Lipinski definition) is 1. The topological polar surface area (TPSA) is 68.3 Å². The minimum atomic E-state index is -0.498. The average molecular weight is 231 g/mol. The first kappa shape index (κ1) is 11.2.